The number of hydrogen-bond donors (Lipinski definition) is 2. The van der Waals surface area contributed by atoms with Crippen LogP contribution < -0.4 is 5.32 Å². The molecular weight excluding hydrogens is 174 g/mol. The van der Waals surface area contributed by atoms with Gasteiger partial charge in [0, 0.05) is 0 Å². The lowest BCUT2D eigenvalue weighted by molar-refractivity contribution is 0.150. The molecule has 1 aromatic carbocycles. The van der Waals surface area contributed by atoms with Crippen molar-refractivity contribution in [3.05, 3.63) is 35.4 Å². The molecule has 0 heterocycles. The third kappa shape index (κ3) is 1.35. The Morgan fingerprint density at radius 3 is 2.93 bits per heavy atom. The van der Waals surface area contributed by atoms with Crippen molar-refractivity contribution in [2.24, 2.45) is 0 Å². The zero-order valence-corrected chi connectivity index (χ0v) is 8.59. The second kappa shape index (κ2) is 3.71. The first kappa shape index (κ1) is 9.69. The molecule has 2 N–H and O–H groups in total. The molecule has 1 aliphatic carbocycles. The van der Waals surface area contributed by atoms with Gasteiger partial charge >= 0.3 is 0 Å². The van der Waals surface area contributed by atoms with Crippen LogP contribution in [0.25, 0.3) is 0 Å². The number of rotatable bonds is 2. The molecule has 1 atom stereocenters. The quantitative estimate of drug-likeness (QED) is 0.741. The van der Waals surface area contributed by atoms with E-state index in [0.717, 1.165) is 19.3 Å². The minimum atomic E-state index is -0.200. The highest BCUT2D eigenvalue weighted by atomic mass is 16.3. The summed E-state index contributed by atoms with van der Waals surface area (Å²) in [7, 11) is 1.93. The minimum Gasteiger partial charge on any atom is -0.394 e. The van der Waals surface area contributed by atoms with Crippen LogP contribution in [0.4, 0.5) is 0 Å². The molecular formula is C12H17NO. The Labute approximate surface area is 85.0 Å². The van der Waals surface area contributed by atoms with Gasteiger partial charge in [-0.3, -0.25) is 0 Å². The number of hydrogen-bond acceptors (Lipinski definition) is 2. The van der Waals surface area contributed by atoms with Gasteiger partial charge in [0.2, 0.25) is 0 Å². The van der Waals surface area contributed by atoms with Crippen LogP contribution >= 0.6 is 0 Å². The fourth-order valence-electron chi connectivity index (χ4n) is 2.42. The van der Waals surface area contributed by atoms with Crippen molar-refractivity contribution in [2.45, 2.75) is 24.8 Å². The first-order chi connectivity index (χ1) is 6.82. The Morgan fingerprint density at radius 1 is 1.43 bits per heavy atom. The lowest BCUT2D eigenvalue weighted by atomic mass is 9.77. The Kier molecular flexibility index (Phi) is 2.57. The fraction of sp³-hybridized carbons (Fsp3) is 0.500. The number of fused-ring (bicyclic) bond motifs is 1. The van der Waals surface area contributed by atoms with Crippen molar-refractivity contribution in [3.8, 4) is 0 Å². The van der Waals surface area contributed by atoms with E-state index in [4.69, 9.17) is 0 Å². The smallest absolute Gasteiger partial charge is 0.0669 e. The molecule has 1 aromatic rings. The molecule has 0 radical (unpaired) electrons. The number of aliphatic hydroxyl groups excluding tert-OH is 1. The Balaban J connectivity index is 2.48. The van der Waals surface area contributed by atoms with E-state index >= 15 is 0 Å². The van der Waals surface area contributed by atoms with Crippen LogP contribution in [-0.2, 0) is 12.0 Å². The Bertz CT molecular complexity index is 318. The van der Waals surface area contributed by atoms with Crippen molar-refractivity contribution in [2.75, 3.05) is 13.7 Å². The molecule has 0 bridgehead atoms. The summed E-state index contributed by atoms with van der Waals surface area (Å²) in [5.74, 6) is 0. The maximum atomic E-state index is 9.53. The third-order valence-electron chi connectivity index (χ3n) is 3.33. The summed E-state index contributed by atoms with van der Waals surface area (Å²) < 4.78 is 0. The van der Waals surface area contributed by atoms with E-state index in [0.29, 0.717) is 0 Å². The zero-order chi connectivity index (χ0) is 10.0. The van der Waals surface area contributed by atoms with E-state index in [9.17, 15) is 5.11 Å². The number of aryl methyl sites for hydroxylation is 1. The van der Waals surface area contributed by atoms with E-state index in [-0.39, 0.29) is 12.1 Å². The van der Waals surface area contributed by atoms with Gasteiger partial charge in [-0.2, -0.15) is 0 Å². The van der Waals surface area contributed by atoms with Crippen molar-refractivity contribution in [3.63, 3.8) is 0 Å². The van der Waals surface area contributed by atoms with E-state index < -0.39 is 0 Å². The summed E-state index contributed by atoms with van der Waals surface area (Å²) in [6.07, 6.45) is 3.31. The summed E-state index contributed by atoms with van der Waals surface area (Å²) in [5, 5.41) is 12.8. The second-order valence-electron chi connectivity index (χ2n) is 4.00. The normalized spacial score (nSPS) is 25.9. The van der Waals surface area contributed by atoms with Crippen molar-refractivity contribution < 1.29 is 5.11 Å². The number of benzene rings is 1. The highest BCUT2D eigenvalue weighted by Crippen LogP contribution is 2.34. The van der Waals surface area contributed by atoms with Crippen molar-refractivity contribution in [1.82, 2.24) is 5.32 Å². The minimum absolute atomic E-state index is 0.181. The van der Waals surface area contributed by atoms with Gasteiger partial charge in [0.1, 0.15) is 0 Å². The molecule has 0 amide bonds. The SMILES string of the molecule is CNC1(CO)CCCc2ccccc21. The molecule has 1 aliphatic rings. The summed E-state index contributed by atoms with van der Waals surface area (Å²) in [5.41, 5.74) is 2.45. The zero-order valence-electron chi connectivity index (χ0n) is 8.59. The van der Waals surface area contributed by atoms with Gasteiger partial charge in [0.15, 0.2) is 0 Å². The van der Waals surface area contributed by atoms with Gasteiger partial charge < -0.3 is 10.4 Å². The van der Waals surface area contributed by atoms with Crippen LogP contribution in [0.5, 0.6) is 0 Å². The first-order valence-corrected chi connectivity index (χ1v) is 5.20. The molecule has 1 unspecified atom stereocenters. The fourth-order valence-corrected chi connectivity index (χ4v) is 2.42. The van der Waals surface area contributed by atoms with Gasteiger partial charge in [-0.15, -0.1) is 0 Å². The Morgan fingerprint density at radius 2 is 2.21 bits per heavy atom. The third-order valence-corrected chi connectivity index (χ3v) is 3.33. The molecule has 0 aromatic heterocycles. The molecule has 2 nitrogen and oxygen atoms in total. The summed E-state index contributed by atoms with van der Waals surface area (Å²) >= 11 is 0. The van der Waals surface area contributed by atoms with Crippen molar-refractivity contribution in [1.29, 1.82) is 0 Å². The van der Waals surface area contributed by atoms with E-state index in [1.807, 2.05) is 13.1 Å². The molecule has 0 saturated heterocycles. The topological polar surface area (TPSA) is 32.3 Å². The number of likely N-dealkylation sites (N-methyl/N-ethyl adjacent to an activating group) is 1. The van der Waals surface area contributed by atoms with Gasteiger partial charge in [0.05, 0.1) is 12.1 Å². The van der Waals surface area contributed by atoms with E-state index in [2.05, 4.69) is 23.5 Å². The lowest BCUT2D eigenvalue weighted by Gasteiger charge is -2.37. The van der Waals surface area contributed by atoms with Gasteiger partial charge in [0.25, 0.3) is 0 Å². The highest BCUT2D eigenvalue weighted by Gasteiger charge is 2.33. The summed E-state index contributed by atoms with van der Waals surface area (Å²) in [6, 6.07) is 8.41. The average molecular weight is 191 g/mol. The van der Waals surface area contributed by atoms with Crippen LogP contribution in [-0.4, -0.2) is 18.8 Å². The average Bonchev–Trinajstić information content (AvgIpc) is 2.28. The van der Waals surface area contributed by atoms with Gasteiger partial charge in [-0.05, 0) is 37.4 Å². The highest BCUT2D eigenvalue weighted by molar-refractivity contribution is 5.36. The predicted molar refractivity (Wildman–Crippen MR) is 57.2 cm³/mol. The van der Waals surface area contributed by atoms with Gasteiger partial charge in [-0.1, -0.05) is 24.3 Å². The molecule has 76 valence electrons. The molecule has 0 spiro atoms. The molecule has 0 saturated carbocycles. The standard InChI is InChI=1S/C12H17NO/c1-13-12(9-14)8-4-6-10-5-2-3-7-11(10)12/h2-3,5,7,13-14H,4,6,8-9H2,1H3. The van der Waals surface area contributed by atoms with Crippen molar-refractivity contribution >= 4 is 0 Å². The summed E-state index contributed by atoms with van der Waals surface area (Å²) in [6.45, 7) is 0.181. The first-order valence-electron chi connectivity index (χ1n) is 5.20. The molecule has 2 rings (SSSR count). The monoisotopic (exact) mass is 191 g/mol. The van der Waals surface area contributed by atoms with Gasteiger partial charge in [-0.25, -0.2) is 0 Å². The number of aliphatic hydroxyl groups is 1. The maximum absolute atomic E-state index is 9.53. The van der Waals surface area contributed by atoms with Crippen LogP contribution in [0.2, 0.25) is 0 Å². The molecule has 0 aliphatic heterocycles. The molecule has 2 heteroatoms. The van der Waals surface area contributed by atoms with Crippen LogP contribution in [0.15, 0.2) is 24.3 Å². The summed E-state index contributed by atoms with van der Waals surface area (Å²) in [4.78, 5) is 0. The Hall–Kier alpha value is -0.860. The van der Waals surface area contributed by atoms with E-state index in [1.54, 1.807) is 0 Å². The molecule has 0 fully saturated rings. The second-order valence-corrected chi connectivity index (χ2v) is 4.00. The largest absolute Gasteiger partial charge is 0.394 e. The maximum Gasteiger partial charge on any atom is 0.0669 e. The molecule has 14 heavy (non-hydrogen) atoms. The van der Waals surface area contributed by atoms with Crippen LogP contribution in [0.3, 0.4) is 0 Å². The van der Waals surface area contributed by atoms with Crippen LogP contribution in [0.1, 0.15) is 24.0 Å². The van der Waals surface area contributed by atoms with E-state index in [1.165, 1.54) is 11.1 Å². The predicted octanol–water partition coefficient (Wildman–Crippen LogP) is 1.43. The lowest BCUT2D eigenvalue weighted by Crippen LogP contribution is -2.46. The number of nitrogens with one attached hydrogen (secondary N) is 1. The van der Waals surface area contributed by atoms with Crippen LogP contribution in [0, 0.1) is 0 Å².